The Morgan fingerprint density at radius 1 is 1.46 bits per heavy atom. The van der Waals surface area contributed by atoms with Crippen LogP contribution in [0.1, 0.15) is 25.3 Å². The predicted octanol–water partition coefficient (Wildman–Crippen LogP) is 2.12. The Morgan fingerprint density at radius 3 is 2.85 bits per heavy atom. The van der Waals surface area contributed by atoms with Crippen molar-refractivity contribution in [3.8, 4) is 5.75 Å². The maximum absolute atomic E-state index is 5.46. The maximum Gasteiger partial charge on any atom is 0.127 e. The van der Waals surface area contributed by atoms with Gasteiger partial charge in [0.05, 0.1) is 6.61 Å². The van der Waals surface area contributed by atoms with Crippen LogP contribution in [0, 0.1) is 6.07 Å². The number of nitrogens with two attached hydrogens (primary N) is 1. The standard InChI is InChI=1S/C11H16NO/c1-2-3-8-13-11-6-4-10(9-12)5-7-11/h4-6H,2-3,8-9,12H2,1H3. The molecule has 0 bridgehead atoms. The third-order valence-corrected chi connectivity index (χ3v) is 1.84. The number of ether oxygens (including phenoxy) is 1. The van der Waals surface area contributed by atoms with Crippen LogP contribution in [-0.2, 0) is 6.54 Å². The fourth-order valence-electron chi connectivity index (χ4n) is 0.986. The fraction of sp³-hybridized carbons (Fsp3) is 0.455. The average Bonchev–Trinajstić information content (AvgIpc) is 2.19. The van der Waals surface area contributed by atoms with Gasteiger partial charge in [-0.05, 0) is 24.1 Å². The third-order valence-electron chi connectivity index (χ3n) is 1.84. The Balaban J connectivity index is 2.40. The van der Waals surface area contributed by atoms with Gasteiger partial charge in [0, 0.05) is 12.6 Å². The van der Waals surface area contributed by atoms with E-state index in [1.54, 1.807) is 0 Å². The number of hydrogen-bond acceptors (Lipinski definition) is 2. The lowest BCUT2D eigenvalue weighted by Crippen LogP contribution is -1.98. The highest BCUT2D eigenvalue weighted by molar-refractivity contribution is 5.25. The van der Waals surface area contributed by atoms with Crippen molar-refractivity contribution >= 4 is 0 Å². The Hall–Kier alpha value is -1.02. The summed E-state index contributed by atoms with van der Waals surface area (Å²) in [6, 6.07) is 8.81. The molecular formula is C11H16NO. The Morgan fingerprint density at radius 2 is 2.31 bits per heavy atom. The molecule has 0 unspecified atom stereocenters. The van der Waals surface area contributed by atoms with Crippen LogP contribution in [0.2, 0.25) is 0 Å². The highest BCUT2D eigenvalue weighted by Gasteiger charge is 1.93. The van der Waals surface area contributed by atoms with Gasteiger partial charge in [-0.3, -0.25) is 0 Å². The number of benzene rings is 1. The lowest BCUT2D eigenvalue weighted by atomic mass is 10.2. The van der Waals surface area contributed by atoms with Gasteiger partial charge < -0.3 is 10.5 Å². The van der Waals surface area contributed by atoms with Crippen molar-refractivity contribution in [1.82, 2.24) is 0 Å². The van der Waals surface area contributed by atoms with Gasteiger partial charge in [0.15, 0.2) is 0 Å². The molecule has 2 N–H and O–H groups in total. The number of unbranched alkanes of at least 4 members (excludes halogenated alkanes) is 1. The van der Waals surface area contributed by atoms with Crippen molar-refractivity contribution in [2.24, 2.45) is 5.73 Å². The summed E-state index contributed by atoms with van der Waals surface area (Å²) in [7, 11) is 0. The first kappa shape index (κ1) is 10.1. The van der Waals surface area contributed by atoms with Crippen LogP contribution in [0.15, 0.2) is 18.2 Å². The van der Waals surface area contributed by atoms with Crippen LogP contribution in [0.4, 0.5) is 0 Å². The third kappa shape index (κ3) is 3.47. The minimum Gasteiger partial charge on any atom is -0.493 e. The van der Waals surface area contributed by atoms with Gasteiger partial charge in [0.1, 0.15) is 5.75 Å². The van der Waals surface area contributed by atoms with Gasteiger partial charge in [-0.1, -0.05) is 19.4 Å². The minimum atomic E-state index is 0.561. The molecule has 71 valence electrons. The van der Waals surface area contributed by atoms with Crippen molar-refractivity contribution in [2.75, 3.05) is 6.61 Å². The molecule has 0 heterocycles. The first-order chi connectivity index (χ1) is 6.36. The van der Waals surface area contributed by atoms with Crippen molar-refractivity contribution in [2.45, 2.75) is 26.3 Å². The van der Waals surface area contributed by atoms with Crippen molar-refractivity contribution in [3.63, 3.8) is 0 Å². The molecule has 0 aromatic heterocycles. The van der Waals surface area contributed by atoms with Crippen LogP contribution in [0.3, 0.4) is 0 Å². The molecule has 1 aromatic carbocycles. The van der Waals surface area contributed by atoms with Crippen LogP contribution < -0.4 is 10.5 Å². The molecule has 0 aliphatic carbocycles. The molecule has 0 spiro atoms. The van der Waals surface area contributed by atoms with E-state index >= 15 is 0 Å². The second-order valence-corrected chi connectivity index (χ2v) is 2.97. The molecule has 2 heteroatoms. The quantitative estimate of drug-likeness (QED) is 0.701. The summed E-state index contributed by atoms with van der Waals surface area (Å²) in [5, 5.41) is 0. The van der Waals surface area contributed by atoms with Crippen molar-refractivity contribution < 1.29 is 4.74 Å². The first-order valence-corrected chi connectivity index (χ1v) is 4.70. The lowest BCUT2D eigenvalue weighted by Gasteiger charge is -2.04. The zero-order chi connectivity index (χ0) is 9.52. The molecule has 0 amide bonds. The van der Waals surface area contributed by atoms with E-state index in [2.05, 4.69) is 13.0 Å². The topological polar surface area (TPSA) is 35.2 Å². The zero-order valence-electron chi connectivity index (χ0n) is 8.05. The molecule has 0 saturated carbocycles. The normalized spacial score (nSPS) is 10.0. The summed E-state index contributed by atoms with van der Waals surface area (Å²) < 4.78 is 5.45. The van der Waals surface area contributed by atoms with Crippen LogP contribution in [0.5, 0.6) is 5.75 Å². The lowest BCUT2D eigenvalue weighted by molar-refractivity contribution is 0.308. The molecule has 0 aliphatic heterocycles. The van der Waals surface area contributed by atoms with Crippen LogP contribution in [0.25, 0.3) is 0 Å². The van der Waals surface area contributed by atoms with Gasteiger partial charge in [0.2, 0.25) is 0 Å². The summed E-state index contributed by atoms with van der Waals surface area (Å²) in [6.07, 6.45) is 2.24. The Kier molecular flexibility index (Phi) is 4.33. The molecule has 0 saturated heterocycles. The molecule has 0 fully saturated rings. The largest absolute Gasteiger partial charge is 0.493 e. The van der Waals surface area contributed by atoms with Crippen molar-refractivity contribution in [1.29, 1.82) is 0 Å². The molecule has 1 rings (SSSR count). The Bertz CT molecular complexity index is 230. The maximum atomic E-state index is 5.46. The summed E-state index contributed by atoms with van der Waals surface area (Å²) in [4.78, 5) is 0. The van der Waals surface area contributed by atoms with E-state index in [1.165, 1.54) is 0 Å². The van der Waals surface area contributed by atoms with E-state index in [9.17, 15) is 0 Å². The molecule has 1 radical (unpaired) electrons. The second-order valence-electron chi connectivity index (χ2n) is 2.97. The monoisotopic (exact) mass is 178 g/mol. The predicted molar refractivity (Wildman–Crippen MR) is 53.6 cm³/mol. The molecule has 13 heavy (non-hydrogen) atoms. The van der Waals surface area contributed by atoms with Gasteiger partial charge >= 0.3 is 0 Å². The van der Waals surface area contributed by atoms with E-state index in [0.717, 1.165) is 30.8 Å². The SMILES string of the molecule is CCCCOc1[c]cc(CN)cc1. The number of rotatable bonds is 5. The fourth-order valence-corrected chi connectivity index (χ4v) is 0.986. The van der Waals surface area contributed by atoms with Gasteiger partial charge in [-0.15, -0.1) is 0 Å². The van der Waals surface area contributed by atoms with Gasteiger partial charge in [-0.25, -0.2) is 0 Å². The van der Waals surface area contributed by atoms with Gasteiger partial charge in [-0.2, -0.15) is 0 Å². The first-order valence-electron chi connectivity index (χ1n) is 4.70. The summed E-state index contributed by atoms with van der Waals surface area (Å²) in [5.74, 6) is 0.811. The smallest absolute Gasteiger partial charge is 0.127 e. The van der Waals surface area contributed by atoms with Gasteiger partial charge in [0.25, 0.3) is 0 Å². The highest BCUT2D eigenvalue weighted by atomic mass is 16.5. The molecule has 0 aliphatic rings. The summed E-state index contributed by atoms with van der Waals surface area (Å²) in [6.45, 7) is 3.48. The van der Waals surface area contributed by atoms with E-state index in [0.29, 0.717) is 6.54 Å². The minimum absolute atomic E-state index is 0.561. The van der Waals surface area contributed by atoms with Crippen LogP contribution in [-0.4, -0.2) is 6.61 Å². The highest BCUT2D eigenvalue weighted by Crippen LogP contribution is 2.11. The van der Waals surface area contributed by atoms with Crippen molar-refractivity contribution in [3.05, 3.63) is 29.8 Å². The van der Waals surface area contributed by atoms with Crippen LogP contribution >= 0.6 is 0 Å². The van der Waals surface area contributed by atoms with E-state index < -0.39 is 0 Å². The second kappa shape index (κ2) is 5.60. The number of hydrogen-bond donors (Lipinski definition) is 1. The summed E-state index contributed by atoms with van der Waals surface area (Å²) >= 11 is 0. The molecule has 2 nitrogen and oxygen atoms in total. The van der Waals surface area contributed by atoms with E-state index in [1.807, 2.05) is 18.2 Å². The Labute approximate surface area is 79.7 Å². The average molecular weight is 178 g/mol. The van der Waals surface area contributed by atoms with E-state index in [4.69, 9.17) is 10.5 Å². The zero-order valence-corrected chi connectivity index (χ0v) is 8.05. The molecule has 0 atom stereocenters. The molecular weight excluding hydrogens is 162 g/mol. The van der Waals surface area contributed by atoms with E-state index in [-0.39, 0.29) is 0 Å². The summed E-state index contributed by atoms with van der Waals surface area (Å²) in [5.41, 5.74) is 6.55. The molecule has 1 aromatic rings.